The number of aromatic nitrogens is 2. The van der Waals surface area contributed by atoms with Gasteiger partial charge in [-0.05, 0) is 49.1 Å². The van der Waals surface area contributed by atoms with Crippen molar-refractivity contribution in [2.24, 2.45) is 0 Å². The lowest BCUT2D eigenvalue weighted by molar-refractivity contribution is -0.117. The minimum Gasteiger partial charge on any atom is -0.354 e. The van der Waals surface area contributed by atoms with Crippen LogP contribution in [0.4, 0.5) is 17.3 Å². The molecule has 5 rings (SSSR count). The Morgan fingerprint density at radius 3 is 2.29 bits per heavy atom. The summed E-state index contributed by atoms with van der Waals surface area (Å²) >= 11 is 0. The molecule has 0 aliphatic carbocycles. The average Bonchev–Trinajstić information content (AvgIpc) is 3.46. The Labute approximate surface area is 181 Å². The standard InChI is InChI=1S/C24H25N5O2/c30-21(16-17-9-11-18(12-10-17)29-15-5-8-22(29)31)27-23-24(28-13-3-4-14-28)26-20-7-2-1-6-19(20)25-23/h1-2,6-7,9-12H,3-5,8,13-16H2,(H,25,27,30). The molecular formula is C24H25N5O2. The van der Waals surface area contributed by atoms with Crippen molar-refractivity contribution >= 4 is 40.2 Å². The predicted octanol–water partition coefficient (Wildman–Crippen LogP) is 3.54. The van der Waals surface area contributed by atoms with Crippen LogP contribution in [0.1, 0.15) is 31.2 Å². The molecule has 7 heteroatoms. The zero-order chi connectivity index (χ0) is 21.2. The van der Waals surface area contributed by atoms with Crippen molar-refractivity contribution in [3.05, 3.63) is 54.1 Å². The summed E-state index contributed by atoms with van der Waals surface area (Å²) in [5, 5.41) is 2.99. The number of anilines is 3. The van der Waals surface area contributed by atoms with E-state index in [1.165, 1.54) is 0 Å². The Morgan fingerprint density at radius 2 is 1.61 bits per heavy atom. The van der Waals surface area contributed by atoms with Gasteiger partial charge in [0.1, 0.15) is 0 Å². The minimum atomic E-state index is -0.130. The van der Waals surface area contributed by atoms with E-state index >= 15 is 0 Å². The Hall–Kier alpha value is -3.48. The highest BCUT2D eigenvalue weighted by Gasteiger charge is 2.22. The van der Waals surface area contributed by atoms with Gasteiger partial charge in [-0.3, -0.25) is 9.59 Å². The van der Waals surface area contributed by atoms with E-state index in [-0.39, 0.29) is 18.2 Å². The number of amides is 2. The number of nitrogens with zero attached hydrogens (tertiary/aromatic N) is 4. The van der Waals surface area contributed by atoms with Gasteiger partial charge in [0.15, 0.2) is 11.6 Å². The van der Waals surface area contributed by atoms with Gasteiger partial charge in [0.25, 0.3) is 0 Å². The predicted molar refractivity (Wildman–Crippen MR) is 121 cm³/mol. The number of benzene rings is 2. The average molecular weight is 415 g/mol. The summed E-state index contributed by atoms with van der Waals surface area (Å²) < 4.78 is 0. The number of para-hydroxylation sites is 2. The van der Waals surface area contributed by atoms with Gasteiger partial charge in [-0.25, -0.2) is 9.97 Å². The van der Waals surface area contributed by atoms with Gasteiger partial charge in [-0.2, -0.15) is 0 Å². The van der Waals surface area contributed by atoms with E-state index in [1.807, 2.05) is 48.5 Å². The first kappa shape index (κ1) is 19.5. The van der Waals surface area contributed by atoms with E-state index < -0.39 is 0 Å². The fraction of sp³-hybridized carbons (Fsp3) is 0.333. The summed E-state index contributed by atoms with van der Waals surface area (Å²) in [5.41, 5.74) is 3.38. The molecule has 1 aromatic heterocycles. The Kier molecular flexibility index (Phi) is 5.24. The van der Waals surface area contributed by atoms with Gasteiger partial charge < -0.3 is 15.1 Å². The third kappa shape index (κ3) is 4.08. The summed E-state index contributed by atoms with van der Waals surface area (Å²) in [6, 6.07) is 15.4. The van der Waals surface area contributed by atoms with Crippen LogP contribution < -0.4 is 15.1 Å². The number of hydrogen-bond acceptors (Lipinski definition) is 5. The summed E-state index contributed by atoms with van der Waals surface area (Å²) in [7, 11) is 0. The number of nitrogens with one attached hydrogen (secondary N) is 1. The lowest BCUT2D eigenvalue weighted by Crippen LogP contribution is -2.24. The highest BCUT2D eigenvalue weighted by atomic mass is 16.2. The molecule has 0 spiro atoms. The van der Waals surface area contributed by atoms with Crippen LogP contribution in [-0.4, -0.2) is 41.4 Å². The van der Waals surface area contributed by atoms with Crippen molar-refractivity contribution in [2.75, 3.05) is 34.8 Å². The lowest BCUT2D eigenvalue weighted by Gasteiger charge is -2.20. The van der Waals surface area contributed by atoms with Crippen LogP contribution in [0.15, 0.2) is 48.5 Å². The molecule has 31 heavy (non-hydrogen) atoms. The van der Waals surface area contributed by atoms with E-state index in [9.17, 15) is 9.59 Å². The largest absolute Gasteiger partial charge is 0.354 e. The molecule has 0 saturated carbocycles. The summed E-state index contributed by atoms with van der Waals surface area (Å²) in [6.45, 7) is 2.61. The highest BCUT2D eigenvalue weighted by Crippen LogP contribution is 2.28. The quantitative estimate of drug-likeness (QED) is 0.690. The van der Waals surface area contributed by atoms with Crippen LogP contribution >= 0.6 is 0 Å². The fourth-order valence-corrected chi connectivity index (χ4v) is 4.30. The number of fused-ring (bicyclic) bond motifs is 1. The van der Waals surface area contributed by atoms with Crippen molar-refractivity contribution in [2.45, 2.75) is 32.1 Å². The third-order valence-electron chi connectivity index (χ3n) is 5.90. The molecule has 2 aromatic carbocycles. The normalized spacial score (nSPS) is 16.3. The molecule has 2 fully saturated rings. The maximum Gasteiger partial charge on any atom is 0.230 e. The van der Waals surface area contributed by atoms with E-state index in [1.54, 1.807) is 4.90 Å². The lowest BCUT2D eigenvalue weighted by atomic mass is 10.1. The topological polar surface area (TPSA) is 78.4 Å². The number of hydrogen-bond donors (Lipinski definition) is 1. The smallest absolute Gasteiger partial charge is 0.230 e. The van der Waals surface area contributed by atoms with Crippen molar-refractivity contribution < 1.29 is 9.59 Å². The van der Waals surface area contributed by atoms with E-state index in [0.717, 1.165) is 67.0 Å². The Morgan fingerprint density at radius 1 is 0.903 bits per heavy atom. The molecule has 0 atom stereocenters. The first-order valence-electron chi connectivity index (χ1n) is 10.9. The zero-order valence-electron chi connectivity index (χ0n) is 17.4. The molecule has 0 bridgehead atoms. The molecule has 1 N–H and O–H groups in total. The fourth-order valence-electron chi connectivity index (χ4n) is 4.30. The number of carbonyl (C=O) groups excluding carboxylic acids is 2. The second-order valence-corrected chi connectivity index (χ2v) is 8.12. The molecule has 3 aromatic rings. The first-order valence-corrected chi connectivity index (χ1v) is 10.9. The van der Waals surface area contributed by atoms with Crippen molar-refractivity contribution in [1.29, 1.82) is 0 Å². The molecule has 2 saturated heterocycles. The first-order chi connectivity index (χ1) is 15.2. The molecule has 0 radical (unpaired) electrons. The second kappa shape index (κ2) is 8.34. The van der Waals surface area contributed by atoms with Gasteiger partial charge in [-0.15, -0.1) is 0 Å². The van der Waals surface area contributed by atoms with Crippen LogP contribution in [0.3, 0.4) is 0 Å². The molecular weight excluding hydrogens is 390 g/mol. The Bertz CT molecular complexity index is 1120. The van der Waals surface area contributed by atoms with Crippen LogP contribution in [0.5, 0.6) is 0 Å². The summed E-state index contributed by atoms with van der Waals surface area (Å²) in [5.74, 6) is 1.29. The van der Waals surface area contributed by atoms with Gasteiger partial charge in [0.05, 0.1) is 17.5 Å². The molecule has 158 valence electrons. The van der Waals surface area contributed by atoms with Crippen molar-refractivity contribution in [3.8, 4) is 0 Å². The third-order valence-corrected chi connectivity index (χ3v) is 5.90. The van der Waals surface area contributed by atoms with Crippen molar-refractivity contribution in [1.82, 2.24) is 9.97 Å². The molecule has 2 aliphatic heterocycles. The molecule has 7 nitrogen and oxygen atoms in total. The van der Waals surface area contributed by atoms with E-state index in [0.29, 0.717) is 12.2 Å². The van der Waals surface area contributed by atoms with E-state index in [4.69, 9.17) is 9.97 Å². The Balaban J connectivity index is 1.34. The SMILES string of the molecule is O=C(Cc1ccc(N2CCCC2=O)cc1)Nc1nc2ccccc2nc1N1CCCC1. The van der Waals surface area contributed by atoms with Crippen LogP contribution in [0, 0.1) is 0 Å². The van der Waals surface area contributed by atoms with E-state index in [2.05, 4.69) is 10.2 Å². The van der Waals surface area contributed by atoms with Gasteiger partial charge >= 0.3 is 0 Å². The highest BCUT2D eigenvalue weighted by molar-refractivity contribution is 5.96. The van der Waals surface area contributed by atoms with Gasteiger partial charge in [-0.1, -0.05) is 24.3 Å². The summed E-state index contributed by atoms with van der Waals surface area (Å²) in [4.78, 5) is 38.2. The second-order valence-electron chi connectivity index (χ2n) is 8.12. The molecule has 0 unspecified atom stereocenters. The minimum absolute atomic E-state index is 0.130. The van der Waals surface area contributed by atoms with Gasteiger partial charge in [0, 0.05) is 31.7 Å². The molecule has 3 heterocycles. The maximum atomic E-state index is 12.8. The van der Waals surface area contributed by atoms with Crippen LogP contribution in [0.25, 0.3) is 11.0 Å². The van der Waals surface area contributed by atoms with Gasteiger partial charge in [0.2, 0.25) is 11.8 Å². The monoisotopic (exact) mass is 415 g/mol. The maximum absolute atomic E-state index is 12.8. The van der Waals surface area contributed by atoms with Crippen LogP contribution in [-0.2, 0) is 16.0 Å². The van der Waals surface area contributed by atoms with Crippen molar-refractivity contribution in [3.63, 3.8) is 0 Å². The summed E-state index contributed by atoms with van der Waals surface area (Å²) in [6.07, 6.45) is 3.98. The molecule has 2 amide bonds. The number of carbonyl (C=O) groups is 2. The van der Waals surface area contributed by atoms with Crippen LogP contribution in [0.2, 0.25) is 0 Å². The zero-order valence-corrected chi connectivity index (χ0v) is 17.4. The number of rotatable bonds is 5. The molecule has 2 aliphatic rings.